The fraction of sp³-hybridized carbons (Fsp3) is 0.412. The van der Waals surface area contributed by atoms with E-state index in [4.69, 9.17) is 5.73 Å². The van der Waals surface area contributed by atoms with Crippen molar-refractivity contribution in [3.8, 4) is 0 Å². The smallest absolute Gasteiger partial charge is 0.274 e. The molecule has 0 aromatic carbocycles. The van der Waals surface area contributed by atoms with E-state index in [1.165, 1.54) is 6.42 Å². The Labute approximate surface area is 140 Å². The molecule has 2 heterocycles. The highest BCUT2D eigenvalue weighted by Gasteiger charge is 2.27. The minimum atomic E-state index is -0.586. The van der Waals surface area contributed by atoms with E-state index >= 15 is 0 Å². The minimum Gasteiger partial charge on any atom is -0.364 e. The molecule has 126 valence electrons. The van der Waals surface area contributed by atoms with Gasteiger partial charge in [0.2, 0.25) is 0 Å². The molecule has 1 fully saturated rings. The molecule has 3 N–H and O–H groups in total. The van der Waals surface area contributed by atoms with Gasteiger partial charge in [0.15, 0.2) is 0 Å². The molecule has 3 rings (SSSR count). The summed E-state index contributed by atoms with van der Waals surface area (Å²) < 4.78 is 1.70. The van der Waals surface area contributed by atoms with Crippen LogP contribution in [0.5, 0.6) is 0 Å². The second-order valence-electron chi connectivity index (χ2n) is 6.08. The molecular weight excluding hydrogens is 306 g/mol. The van der Waals surface area contributed by atoms with E-state index in [1.807, 2.05) is 0 Å². The number of anilines is 1. The minimum absolute atomic E-state index is 0.153. The Balaban J connectivity index is 1.94. The summed E-state index contributed by atoms with van der Waals surface area (Å²) in [6, 6.07) is 5.23. The second-order valence-corrected chi connectivity index (χ2v) is 6.08. The van der Waals surface area contributed by atoms with E-state index < -0.39 is 5.91 Å². The molecule has 2 amide bonds. The van der Waals surface area contributed by atoms with Gasteiger partial charge in [-0.15, -0.1) is 0 Å². The van der Waals surface area contributed by atoms with Gasteiger partial charge in [-0.2, -0.15) is 5.10 Å². The Morgan fingerprint density at radius 1 is 1.25 bits per heavy atom. The van der Waals surface area contributed by atoms with Crippen LogP contribution in [0.2, 0.25) is 0 Å². The molecule has 1 saturated carbocycles. The highest BCUT2D eigenvalue weighted by Crippen LogP contribution is 2.32. The normalized spacial score (nSPS) is 15.2. The molecule has 0 spiro atoms. The number of hydrogen-bond donors (Lipinski definition) is 2. The number of pyridine rings is 1. The highest BCUT2D eigenvalue weighted by molar-refractivity contribution is 6.07. The van der Waals surface area contributed by atoms with Crippen LogP contribution in [-0.2, 0) is 0 Å². The molecule has 1 aliphatic rings. The summed E-state index contributed by atoms with van der Waals surface area (Å²) in [4.78, 5) is 28.4. The first-order valence-corrected chi connectivity index (χ1v) is 8.19. The average Bonchev–Trinajstić information content (AvgIpc) is 2.93. The van der Waals surface area contributed by atoms with Crippen LogP contribution in [0.1, 0.15) is 64.8 Å². The third-order valence-corrected chi connectivity index (χ3v) is 4.38. The van der Waals surface area contributed by atoms with Crippen molar-refractivity contribution in [3.63, 3.8) is 0 Å². The second kappa shape index (κ2) is 6.82. The number of nitrogens with one attached hydrogen (secondary N) is 1. The molecule has 0 unspecified atom stereocenters. The van der Waals surface area contributed by atoms with Crippen molar-refractivity contribution in [2.45, 2.75) is 45.1 Å². The van der Waals surface area contributed by atoms with E-state index in [2.05, 4.69) is 15.4 Å². The Hall–Kier alpha value is -2.70. The predicted molar refractivity (Wildman–Crippen MR) is 89.8 cm³/mol. The number of carbonyl (C=O) groups is 2. The zero-order valence-electron chi connectivity index (χ0n) is 13.7. The molecule has 0 atom stereocenters. The number of nitrogens with zero attached hydrogens (tertiary/aromatic N) is 3. The lowest BCUT2D eigenvalue weighted by atomic mass is 9.95. The number of aromatic nitrogens is 3. The first kappa shape index (κ1) is 16.2. The molecule has 0 radical (unpaired) electrons. The van der Waals surface area contributed by atoms with Crippen LogP contribution in [0.3, 0.4) is 0 Å². The first-order valence-electron chi connectivity index (χ1n) is 8.19. The third-order valence-electron chi connectivity index (χ3n) is 4.38. The molecule has 2 aromatic rings. The maximum atomic E-state index is 12.4. The van der Waals surface area contributed by atoms with E-state index in [0.717, 1.165) is 25.7 Å². The number of carbonyl (C=O) groups excluding carboxylic acids is 2. The number of rotatable bonds is 4. The van der Waals surface area contributed by atoms with E-state index in [-0.39, 0.29) is 23.3 Å². The van der Waals surface area contributed by atoms with Crippen molar-refractivity contribution in [2.24, 2.45) is 5.73 Å². The van der Waals surface area contributed by atoms with Gasteiger partial charge in [-0.3, -0.25) is 19.3 Å². The van der Waals surface area contributed by atoms with Crippen molar-refractivity contribution in [2.75, 3.05) is 5.32 Å². The van der Waals surface area contributed by atoms with Crippen LogP contribution in [0.15, 0.2) is 24.4 Å². The Kier molecular flexibility index (Phi) is 4.59. The van der Waals surface area contributed by atoms with Crippen LogP contribution in [0, 0.1) is 6.92 Å². The Bertz CT molecular complexity index is 748. The molecule has 0 bridgehead atoms. The average molecular weight is 327 g/mol. The van der Waals surface area contributed by atoms with Gasteiger partial charge in [0.05, 0.1) is 17.4 Å². The fourth-order valence-corrected chi connectivity index (χ4v) is 3.20. The first-order chi connectivity index (χ1) is 11.6. The fourth-order valence-electron chi connectivity index (χ4n) is 3.20. The topological polar surface area (TPSA) is 103 Å². The summed E-state index contributed by atoms with van der Waals surface area (Å²) in [5.41, 5.74) is 7.09. The van der Waals surface area contributed by atoms with Crippen molar-refractivity contribution in [3.05, 3.63) is 41.5 Å². The summed E-state index contributed by atoms with van der Waals surface area (Å²) in [6.07, 6.45) is 6.90. The number of nitrogens with two attached hydrogens (primary N) is 1. The van der Waals surface area contributed by atoms with Crippen molar-refractivity contribution >= 4 is 17.5 Å². The maximum absolute atomic E-state index is 12.4. The molecule has 0 aliphatic heterocycles. The Morgan fingerprint density at radius 3 is 2.62 bits per heavy atom. The van der Waals surface area contributed by atoms with Gasteiger partial charge in [-0.25, -0.2) is 0 Å². The molecule has 0 saturated heterocycles. The van der Waals surface area contributed by atoms with Gasteiger partial charge in [0.1, 0.15) is 11.4 Å². The monoisotopic (exact) mass is 327 g/mol. The third kappa shape index (κ3) is 3.15. The van der Waals surface area contributed by atoms with E-state index in [0.29, 0.717) is 11.4 Å². The van der Waals surface area contributed by atoms with Crippen LogP contribution in [0.25, 0.3) is 0 Å². The summed E-state index contributed by atoms with van der Waals surface area (Å²) in [7, 11) is 0. The van der Waals surface area contributed by atoms with Gasteiger partial charge < -0.3 is 11.1 Å². The lowest BCUT2D eigenvalue weighted by molar-refractivity contribution is 0.0986. The summed E-state index contributed by atoms with van der Waals surface area (Å²) in [5.74, 6) is -0.970. The van der Waals surface area contributed by atoms with E-state index in [9.17, 15) is 9.59 Å². The molecule has 24 heavy (non-hydrogen) atoms. The predicted octanol–water partition coefficient (Wildman–Crippen LogP) is 2.44. The summed E-state index contributed by atoms with van der Waals surface area (Å²) in [6.45, 7) is 1.76. The van der Waals surface area contributed by atoms with Crippen molar-refractivity contribution in [1.29, 1.82) is 0 Å². The van der Waals surface area contributed by atoms with Crippen LogP contribution in [-0.4, -0.2) is 26.6 Å². The molecule has 7 nitrogen and oxygen atoms in total. The van der Waals surface area contributed by atoms with Gasteiger partial charge in [-0.05, 0) is 31.9 Å². The highest BCUT2D eigenvalue weighted by atomic mass is 16.2. The lowest BCUT2D eigenvalue weighted by Crippen LogP contribution is -2.24. The standard InChI is InChI=1S/C17H21N5O2/c1-11-14(20-17(24)13-9-5-6-10-19-13)15(16(18)23)22(21-11)12-7-3-2-4-8-12/h5-6,9-10,12H,2-4,7-8H2,1H3,(H2,18,23)(H,20,24). The van der Waals surface area contributed by atoms with Gasteiger partial charge in [-0.1, -0.05) is 25.3 Å². The molecule has 2 aromatic heterocycles. The van der Waals surface area contributed by atoms with Gasteiger partial charge >= 0.3 is 0 Å². The molecule has 7 heteroatoms. The van der Waals surface area contributed by atoms with E-state index in [1.54, 1.807) is 36.0 Å². The van der Waals surface area contributed by atoms with Crippen LogP contribution < -0.4 is 11.1 Å². The largest absolute Gasteiger partial charge is 0.364 e. The van der Waals surface area contributed by atoms with Crippen LogP contribution >= 0.6 is 0 Å². The number of hydrogen-bond acceptors (Lipinski definition) is 4. The summed E-state index contributed by atoms with van der Waals surface area (Å²) >= 11 is 0. The zero-order chi connectivity index (χ0) is 17.1. The van der Waals surface area contributed by atoms with Gasteiger partial charge in [0, 0.05) is 6.20 Å². The van der Waals surface area contributed by atoms with Crippen LogP contribution in [0.4, 0.5) is 5.69 Å². The molecular formula is C17H21N5O2. The van der Waals surface area contributed by atoms with Crippen molar-refractivity contribution < 1.29 is 9.59 Å². The number of amides is 2. The SMILES string of the molecule is Cc1nn(C2CCCCC2)c(C(N)=O)c1NC(=O)c1ccccn1. The number of aryl methyl sites for hydroxylation is 1. The lowest BCUT2D eigenvalue weighted by Gasteiger charge is -2.23. The summed E-state index contributed by atoms with van der Waals surface area (Å²) in [5, 5.41) is 7.23. The number of primary amides is 1. The molecule has 1 aliphatic carbocycles. The quantitative estimate of drug-likeness (QED) is 0.900. The zero-order valence-corrected chi connectivity index (χ0v) is 13.7. The van der Waals surface area contributed by atoms with Gasteiger partial charge in [0.25, 0.3) is 11.8 Å². The van der Waals surface area contributed by atoms with Crippen molar-refractivity contribution in [1.82, 2.24) is 14.8 Å². The maximum Gasteiger partial charge on any atom is 0.274 e. The Morgan fingerprint density at radius 2 is 2.00 bits per heavy atom.